The number of aromatic nitrogens is 1. The van der Waals surface area contributed by atoms with E-state index in [2.05, 4.69) is 13.8 Å². The number of carbonyl (C=O) groups is 1. The standard InChI is InChI=1S/C26H25NO7/c1-14(2)19-7-16-8-25(32-12-15-4-5-22-24(6-15)34-13-33-22)23(31-3)9-17(16)20-10-21(28)18(26(29)30)11-27(19)20/h4-6,8-11,14,19H,7,12-13H2,1-3H3,(H,29,30)/t19-/m0/s1. The van der Waals surface area contributed by atoms with Crippen LogP contribution < -0.4 is 24.4 Å². The van der Waals surface area contributed by atoms with Gasteiger partial charge in [-0.25, -0.2) is 4.79 Å². The summed E-state index contributed by atoms with van der Waals surface area (Å²) in [6.07, 6.45) is 2.14. The molecule has 34 heavy (non-hydrogen) atoms. The van der Waals surface area contributed by atoms with Crippen molar-refractivity contribution in [1.29, 1.82) is 0 Å². The smallest absolute Gasteiger partial charge is 0.341 e. The number of benzene rings is 2. The fraction of sp³-hybridized carbons (Fsp3) is 0.308. The third-order valence-electron chi connectivity index (χ3n) is 6.36. The third-order valence-corrected chi connectivity index (χ3v) is 6.36. The quantitative estimate of drug-likeness (QED) is 0.583. The number of methoxy groups -OCH3 is 1. The first kappa shape index (κ1) is 21.9. The molecular formula is C26H25NO7. The van der Waals surface area contributed by atoms with Crippen molar-refractivity contribution >= 4 is 5.97 Å². The van der Waals surface area contributed by atoms with Crippen molar-refractivity contribution in [1.82, 2.24) is 4.57 Å². The minimum absolute atomic E-state index is 0.00342. The summed E-state index contributed by atoms with van der Waals surface area (Å²) in [6.45, 7) is 4.70. The van der Waals surface area contributed by atoms with Gasteiger partial charge in [0.25, 0.3) is 0 Å². The molecule has 1 N–H and O–H groups in total. The van der Waals surface area contributed by atoms with Crippen molar-refractivity contribution in [2.45, 2.75) is 32.9 Å². The molecule has 0 fully saturated rings. The van der Waals surface area contributed by atoms with Gasteiger partial charge in [-0.05, 0) is 47.7 Å². The Morgan fingerprint density at radius 2 is 1.94 bits per heavy atom. The Hall–Kier alpha value is -3.94. The van der Waals surface area contributed by atoms with Crippen molar-refractivity contribution < 1.29 is 28.8 Å². The van der Waals surface area contributed by atoms with Crippen LogP contribution in [0.4, 0.5) is 0 Å². The second-order valence-electron chi connectivity index (χ2n) is 8.80. The van der Waals surface area contributed by atoms with Gasteiger partial charge in [0, 0.05) is 23.9 Å². The molecule has 2 aliphatic heterocycles. The molecule has 0 saturated heterocycles. The van der Waals surface area contributed by atoms with E-state index in [4.69, 9.17) is 18.9 Å². The van der Waals surface area contributed by atoms with Crippen LogP contribution in [0.15, 0.2) is 47.4 Å². The summed E-state index contributed by atoms with van der Waals surface area (Å²) in [5, 5.41) is 9.45. The highest BCUT2D eigenvalue weighted by atomic mass is 16.7. The molecule has 2 aliphatic rings. The zero-order chi connectivity index (χ0) is 24.0. The van der Waals surface area contributed by atoms with E-state index in [9.17, 15) is 14.7 Å². The second kappa shape index (κ2) is 8.44. The second-order valence-corrected chi connectivity index (χ2v) is 8.80. The summed E-state index contributed by atoms with van der Waals surface area (Å²) < 4.78 is 24.4. The van der Waals surface area contributed by atoms with Crippen LogP contribution in [0.25, 0.3) is 11.3 Å². The van der Waals surface area contributed by atoms with Gasteiger partial charge in [-0.1, -0.05) is 19.9 Å². The Kier molecular flexibility index (Phi) is 5.43. The summed E-state index contributed by atoms with van der Waals surface area (Å²) in [4.78, 5) is 24.1. The lowest BCUT2D eigenvalue weighted by molar-refractivity contribution is 0.0694. The van der Waals surface area contributed by atoms with Gasteiger partial charge in [-0.2, -0.15) is 0 Å². The van der Waals surface area contributed by atoms with Crippen LogP contribution in [0, 0.1) is 5.92 Å². The van der Waals surface area contributed by atoms with E-state index in [1.54, 1.807) is 7.11 Å². The predicted molar refractivity (Wildman–Crippen MR) is 124 cm³/mol. The van der Waals surface area contributed by atoms with Gasteiger partial charge in [-0.3, -0.25) is 4.79 Å². The molecule has 0 bridgehead atoms. The molecule has 0 aliphatic carbocycles. The molecule has 0 spiro atoms. The van der Waals surface area contributed by atoms with E-state index < -0.39 is 11.4 Å². The summed E-state index contributed by atoms with van der Waals surface area (Å²) >= 11 is 0. The molecular weight excluding hydrogens is 438 g/mol. The number of nitrogens with zero attached hydrogens (tertiary/aromatic N) is 1. The van der Waals surface area contributed by atoms with Gasteiger partial charge in [0.05, 0.1) is 12.8 Å². The molecule has 5 rings (SSSR count). The minimum Gasteiger partial charge on any atom is -0.493 e. The molecule has 0 unspecified atom stereocenters. The Balaban J connectivity index is 1.53. The summed E-state index contributed by atoms with van der Waals surface area (Å²) in [7, 11) is 1.56. The van der Waals surface area contributed by atoms with Gasteiger partial charge in [0.1, 0.15) is 12.2 Å². The average Bonchev–Trinajstić information content (AvgIpc) is 3.29. The Morgan fingerprint density at radius 3 is 2.68 bits per heavy atom. The Morgan fingerprint density at radius 1 is 1.15 bits per heavy atom. The molecule has 0 radical (unpaired) electrons. The van der Waals surface area contributed by atoms with Crippen molar-refractivity contribution in [3.8, 4) is 34.3 Å². The summed E-state index contributed by atoms with van der Waals surface area (Å²) in [5.41, 5.74) is 2.71. The number of carboxylic acids is 1. The number of pyridine rings is 1. The van der Waals surface area contributed by atoms with Gasteiger partial charge in [0.15, 0.2) is 28.4 Å². The largest absolute Gasteiger partial charge is 0.493 e. The highest BCUT2D eigenvalue weighted by Gasteiger charge is 2.29. The first-order valence-corrected chi connectivity index (χ1v) is 11.1. The van der Waals surface area contributed by atoms with E-state index in [1.807, 2.05) is 34.9 Å². The van der Waals surface area contributed by atoms with E-state index in [-0.39, 0.29) is 24.3 Å². The number of ether oxygens (including phenoxy) is 4. The summed E-state index contributed by atoms with van der Waals surface area (Å²) in [5.74, 6) is 1.54. The molecule has 0 saturated carbocycles. The number of aromatic carboxylic acids is 1. The molecule has 8 nitrogen and oxygen atoms in total. The van der Waals surface area contributed by atoms with Crippen LogP contribution in [-0.4, -0.2) is 29.5 Å². The number of carboxylic acid groups (broad SMARTS) is 1. The summed E-state index contributed by atoms with van der Waals surface area (Å²) in [6, 6.07) is 10.9. The zero-order valence-electron chi connectivity index (χ0n) is 19.2. The first-order chi connectivity index (χ1) is 16.4. The zero-order valence-corrected chi connectivity index (χ0v) is 19.2. The molecule has 1 aromatic heterocycles. The maximum absolute atomic E-state index is 12.5. The molecule has 2 aromatic carbocycles. The average molecular weight is 463 g/mol. The lowest BCUT2D eigenvalue weighted by atomic mass is 9.87. The van der Waals surface area contributed by atoms with E-state index in [1.165, 1.54) is 12.3 Å². The van der Waals surface area contributed by atoms with E-state index in [0.29, 0.717) is 36.0 Å². The topological polar surface area (TPSA) is 96.2 Å². The molecule has 0 amide bonds. The van der Waals surface area contributed by atoms with Crippen molar-refractivity contribution in [3.05, 3.63) is 69.5 Å². The SMILES string of the molecule is COc1cc2c(cc1OCc1ccc3c(c1)OCO3)C[C@@H](C(C)C)n1cc(C(=O)O)c(=O)cc1-2. The van der Waals surface area contributed by atoms with Gasteiger partial charge in [0.2, 0.25) is 6.79 Å². The predicted octanol–water partition coefficient (Wildman–Crippen LogP) is 4.28. The number of hydrogen-bond acceptors (Lipinski definition) is 6. The van der Waals surface area contributed by atoms with Crippen LogP contribution in [0.5, 0.6) is 23.0 Å². The number of hydrogen-bond donors (Lipinski definition) is 1. The van der Waals surface area contributed by atoms with Crippen LogP contribution in [-0.2, 0) is 13.0 Å². The first-order valence-electron chi connectivity index (χ1n) is 11.1. The van der Waals surface area contributed by atoms with E-state index in [0.717, 1.165) is 22.4 Å². The molecule has 176 valence electrons. The van der Waals surface area contributed by atoms with Crippen molar-refractivity contribution in [2.24, 2.45) is 5.92 Å². The molecule has 1 atom stereocenters. The lowest BCUT2D eigenvalue weighted by Gasteiger charge is -2.33. The molecule has 8 heteroatoms. The van der Waals surface area contributed by atoms with Crippen molar-refractivity contribution in [3.63, 3.8) is 0 Å². The fourth-order valence-electron chi connectivity index (χ4n) is 4.55. The van der Waals surface area contributed by atoms with Gasteiger partial charge in [-0.15, -0.1) is 0 Å². The van der Waals surface area contributed by atoms with E-state index >= 15 is 0 Å². The fourth-order valence-corrected chi connectivity index (χ4v) is 4.55. The highest BCUT2D eigenvalue weighted by molar-refractivity contribution is 5.88. The maximum Gasteiger partial charge on any atom is 0.341 e. The van der Waals surface area contributed by atoms with Crippen LogP contribution in [0.2, 0.25) is 0 Å². The van der Waals surface area contributed by atoms with Crippen LogP contribution >= 0.6 is 0 Å². The normalized spacial score (nSPS) is 15.6. The molecule has 3 aromatic rings. The lowest BCUT2D eigenvalue weighted by Crippen LogP contribution is -2.28. The minimum atomic E-state index is -1.22. The monoisotopic (exact) mass is 463 g/mol. The number of fused-ring (bicyclic) bond motifs is 4. The van der Waals surface area contributed by atoms with Crippen molar-refractivity contribution in [2.75, 3.05) is 13.9 Å². The molecule has 3 heterocycles. The number of rotatable bonds is 6. The van der Waals surface area contributed by atoms with Crippen LogP contribution in [0.3, 0.4) is 0 Å². The van der Waals surface area contributed by atoms with Crippen LogP contribution in [0.1, 0.15) is 41.4 Å². The third kappa shape index (κ3) is 3.75. The van der Waals surface area contributed by atoms with Gasteiger partial charge < -0.3 is 28.6 Å². The Bertz CT molecular complexity index is 1340. The Labute approximate surface area is 196 Å². The highest BCUT2D eigenvalue weighted by Crippen LogP contribution is 2.43. The van der Waals surface area contributed by atoms with Gasteiger partial charge >= 0.3 is 5.97 Å². The maximum atomic E-state index is 12.5.